The lowest BCUT2D eigenvalue weighted by Crippen LogP contribution is -2.41. The molecule has 174 valence electrons. The summed E-state index contributed by atoms with van der Waals surface area (Å²) in [6, 6.07) is 11.5. The van der Waals surface area contributed by atoms with Crippen LogP contribution in [0.1, 0.15) is 30.0 Å². The van der Waals surface area contributed by atoms with Crippen molar-refractivity contribution in [2.75, 3.05) is 23.7 Å². The number of carbonyl (C=O) groups excluding carboxylic acids is 1. The second kappa shape index (κ2) is 9.76. The lowest BCUT2D eigenvalue weighted by atomic mass is 9.94. The molecule has 1 aliphatic heterocycles. The molecule has 0 radical (unpaired) electrons. The number of rotatable bonds is 5. The van der Waals surface area contributed by atoms with Crippen LogP contribution in [-0.2, 0) is 6.54 Å². The van der Waals surface area contributed by atoms with Gasteiger partial charge in [0.25, 0.3) is 0 Å². The van der Waals surface area contributed by atoms with Gasteiger partial charge in [-0.1, -0.05) is 6.07 Å². The molecule has 1 aromatic carbocycles. The number of hydrogen-bond donors (Lipinski definition) is 2. The second-order valence-electron chi connectivity index (χ2n) is 8.23. The minimum Gasteiger partial charge on any atom is -0.366 e. The SMILES string of the molecule is O=C(Nc1ccc(F)cc1)N1CCCC(c2cc(NCc3cccnc3)n3ncc(Br)c3n2)C1. The molecule has 1 fully saturated rings. The van der Waals surface area contributed by atoms with Crippen molar-refractivity contribution in [2.45, 2.75) is 25.3 Å². The molecule has 1 unspecified atom stereocenters. The van der Waals surface area contributed by atoms with E-state index in [1.807, 2.05) is 24.4 Å². The molecule has 34 heavy (non-hydrogen) atoms. The van der Waals surface area contributed by atoms with Gasteiger partial charge >= 0.3 is 6.03 Å². The van der Waals surface area contributed by atoms with Gasteiger partial charge in [0.05, 0.1) is 16.4 Å². The number of aromatic nitrogens is 4. The Kier molecular flexibility index (Phi) is 6.39. The quantitative estimate of drug-likeness (QED) is 0.382. The van der Waals surface area contributed by atoms with E-state index in [1.54, 1.807) is 33.9 Å². The maximum Gasteiger partial charge on any atom is 0.321 e. The number of nitrogens with zero attached hydrogens (tertiary/aromatic N) is 5. The van der Waals surface area contributed by atoms with E-state index in [0.29, 0.717) is 25.3 Å². The third kappa shape index (κ3) is 4.86. The van der Waals surface area contributed by atoms with Crippen LogP contribution in [0.4, 0.5) is 20.7 Å². The Balaban J connectivity index is 1.35. The maximum atomic E-state index is 13.2. The van der Waals surface area contributed by atoms with Crippen molar-refractivity contribution in [3.8, 4) is 0 Å². The van der Waals surface area contributed by atoms with Gasteiger partial charge in [-0.3, -0.25) is 4.98 Å². The monoisotopic (exact) mass is 523 g/mol. The van der Waals surface area contributed by atoms with E-state index in [1.165, 1.54) is 12.1 Å². The maximum absolute atomic E-state index is 13.2. The van der Waals surface area contributed by atoms with E-state index < -0.39 is 0 Å². The highest BCUT2D eigenvalue weighted by atomic mass is 79.9. The zero-order valence-electron chi connectivity index (χ0n) is 18.3. The highest BCUT2D eigenvalue weighted by Gasteiger charge is 2.27. The predicted molar refractivity (Wildman–Crippen MR) is 131 cm³/mol. The van der Waals surface area contributed by atoms with Crippen LogP contribution in [-0.4, -0.2) is 43.6 Å². The topological polar surface area (TPSA) is 87.5 Å². The molecule has 8 nitrogen and oxygen atoms in total. The number of anilines is 2. The molecule has 0 bridgehead atoms. The summed E-state index contributed by atoms with van der Waals surface area (Å²) in [6.45, 7) is 1.80. The molecule has 4 aromatic rings. The first kappa shape index (κ1) is 22.3. The number of benzene rings is 1. The van der Waals surface area contributed by atoms with Crippen molar-refractivity contribution < 1.29 is 9.18 Å². The van der Waals surface area contributed by atoms with E-state index in [-0.39, 0.29) is 17.8 Å². The molecular formula is C24H23BrFN7O. The number of piperidine rings is 1. The first-order valence-corrected chi connectivity index (χ1v) is 11.8. The van der Waals surface area contributed by atoms with Crippen molar-refractivity contribution in [2.24, 2.45) is 0 Å². The van der Waals surface area contributed by atoms with Gasteiger partial charge in [0.2, 0.25) is 0 Å². The van der Waals surface area contributed by atoms with Crippen LogP contribution in [0.25, 0.3) is 5.65 Å². The van der Waals surface area contributed by atoms with E-state index in [4.69, 9.17) is 4.98 Å². The molecule has 4 heterocycles. The smallest absolute Gasteiger partial charge is 0.321 e. The minimum absolute atomic E-state index is 0.0819. The Morgan fingerprint density at radius 3 is 2.85 bits per heavy atom. The fraction of sp³-hybridized carbons (Fsp3) is 0.250. The summed E-state index contributed by atoms with van der Waals surface area (Å²) in [7, 11) is 0. The Morgan fingerprint density at radius 2 is 2.06 bits per heavy atom. The number of urea groups is 1. The van der Waals surface area contributed by atoms with Crippen LogP contribution in [0.3, 0.4) is 0 Å². The molecule has 2 amide bonds. The number of likely N-dealkylation sites (tertiary alicyclic amines) is 1. The molecule has 1 aliphatic rings. The van der Waals surface area contributed by atoms with Gasteiger partial charge in [-0.15, -0.1) is 0 Å². The zero-order chi connectivity index (χ0) is 23.5. The van der Waals surface area contributed by atoms with Gasteiger partial charge < -0.3 is 15.5 Å². The molecule has 3 aromatic heterocycles. The Labute approximate surface area is 204 Å². The third-order valence-electron chi connectivity index (χ3n) is 5.87. The fourth-order valence-electron chi connectivity index (χ4n) is 4.12. The highest BCUT2D eigenvalue weighted by molar-refractivity contribution is 9.10. The average molecular weight is 524 g/mol. The van der Waals surface area contributed by atoms with Crippen LogP contribution in [0.15, 0.2) is 65.5 Å². The first-order valence-electron chi connectivity index (χ1n) is 11.1. The van der Waals surface area contributed by atoms with Gasteiger partial charge in [-0.25, -0.2) is 14.2 Å². The van der Waals surface area contributed by atoms with Crippen LogP contribution in [0.5, 0.6) is 0 Å². The van der Waals surface area contributed by atoms with Crippen LogP contribution in [0, 0.1) is 5.82 Å². The van der Waals surface area contributed by atoms with Crippen LogP contribution < -0.4 is 10.6 Å². The number of hydrogen-bond acceptors (Lipinski definition) is 5. The number of fused-ring (bicyclic) bond motifs is 1. The number of halogens is 2. The molecule has 0 spiro atoms. The lowest BCUT2D eigenvalue weighted by molar-refractivity contribution is 0.192. The molecule has 0 aliphatic carbocycles. The van der Waals surface area contributed by atoms with E-state index in [0.717, 1.165) is 40.0 Å². The van der Waals surface area contributed by atoms with Crippen molar-refractivity contribution in [3.05, 3.63) is 82.6 Å². The van der Waals surface area contributed by atoms with Gasteiger partial charge in [0, 0.05) is 49.7 Å². The Morgan fingerprint density at radius 1 is 1.21 bits per heavy atom. The number of carbonyl (C=O) groups is 1. The van der Waals surface area contributed by atoms with Crippen LogP contribution in [0.2, 0.25) is 0 Å². The van der Waals surface area contributed by atoms with Crippen molar-refractivity contribution >= 4 is 39.1 Å². The molecule has 2 N–H and O–H groups in total. The fourth-order valence-corrected chi connectivity index (χ4v) is 4.47. The van der Waals surface area contributed by atoms with Gasteiger partial charge in [-0.2, -0.15) is 9.61 Å². The molecule has 1 atom stereocenters. The third-order valence-corrected chi connectivity index (χ3v) is 6.43. The highest BCUT2D eigenvalue weighted by Crippen LogP contribution is 2.30. The number of pyridine rings is 1. The summed E-state index contributed by atoms with van der Waals surface area (Å²) in [5, 5.41) is 10.7. The average Bonchev–Trinajstić information content (AvgIpc) is 3.25. The standard InChI is InChI=1S/C24H23BrFN7O/c25-20-14-29-33-22(28-13-16-3-1-9-27-12-16)11-21(31-23(20)33)17-4-2-10-32(15-17)24(34)30-19-7-5-18(26)6-8-19/h1,3,5-9,11-12,14,17,28H,2,4,10,13,15H2,(H,30,34). The van der Waals surface area contributed by atoms with Gasteiger partial charge in [0.15, 0.2) is 5.65 Å². The predicted octanol–water partition coefficient (Wildman–Crippen LogP) is 5.05. The Hall–Kier alpha value is -3.53. The van der Waals surface area contributed by atoms with Crippen molar-refractivity contribution in [3.63, 3.8) is 0 Å². The van der Waals surface area contributed by atoms with Gasteiger partial charge in [-0.05, 0) is 64.7 Å². The summed E-state index contributed by atoms with van der Waals surface area (Å²) < 4.78 is 15.7. The second-order valence-corrected chi connectivity index (χ2v) is 9.09. The molecular weight excluding hydrogens is 501 g/mol. The normalized spacial score (nSPS) is 15.9. The number of nitrogens with one attached hydrogen (secondary N) is 2. The van der Waals surface area contributed by atoms with Crippen molar-refractivity contribution in [1.29, 1.82) is 0 Å². The number of amides is 2. The molecule has 1 saturated heterocycles. The molecule has 0 saturated carbocycles. The summed E-state index contributed by atoms with van der Waals surface area (Å²) in [5.41, 5.74) is 3.25. The largest absolute Gasteiger partial charge is 0.366 e. The van der Waals surface area contributed by atoms with Crippen molar-refractivity contribution in [1.82, 2.24) is 24.5 Å². The summed E-state index contributed by atoms with van der Waals surface area (Å²) >= 11 is 3.55. The van der Waals surface area contributed by atoms with Gasteiger partial charge in [0.1, 0.15) is 11.6 Å². The van der Waals surface area contributed by atoms with E-state index in [2.05, 4.69) is 36.6 Å². The molecule has 10 heteroatoms. The minimum atomic E-state index is -0.337. The zero-order valence-corrected chi connectivity index (χ0v) is 19.9. The summed E-state index contributed by atoms with van der Waals surface area (Å²) in [4.78, 5) is 23.7. The lowest BCUT2D eigenvalue weighted by Gasteiger charge is -2.32. The first-order chi connectivity index (χ1) is 16.6. The summed E-state index contributed by atoms with van der Waals surface area (Å²) in [6.07, 6.45) is 7.09. The Bertz CT molecular complexity index is 1300. The van der Waals surface area contributed by atoms with E-state index >= 15 is 0 Å². The summed E-state index contributed by atoms with van der Waals surface area (Å²) in [5.74, 6) is 0.567. The van der Waals surface area contributed by atoms with E-state index in [9.17, 15) is 9.18 Å². The van der Waals surface area contributed by atoms with Crippen LogP contribution >= 0.6 is 15.9 Å². The molecule has 5 rings (SSSR count).